The number of carbonyl (C=O) groups is 1. The Balaban J connectivity index is 0.000000383. The molecule has 0 aromatic heterocycles. The van der Waals surface area contributed by atoms with Crippen molar-refractivity contribution >= 4 is 6.16 Å². The van der Waals surface area contributed by atoms with Gasteiger partial charge in [0.1, 0.15) is 0 Å². The van der Waals surface area contributed by atoms with E-state index >= 15 is 0 Å². The first-order chi connectivity index (χ1) is 10.9. The van der Waals surface area contributed by atoms with E-state index in [0.717, 1.165) is 23.7 Å². The predicted molar refractivity (Wildman–Crippen MR) is 96.1 cm³/mol. The van der Waals surface area contributed by atoms with E-state index in [1.807, 2.05) is 0 Å². The SMILES string of the molecule is CC1CCC2C(C)(C)C2(C23CC(C)CCC2C3(C)C)C1.O=C(O)O. The maximum atomic E-state index is 8.56. The summed E-state index contributed by atoms with van der Waals surface area (Å²) in [5, 5.41) is 13.9. The Hall–Kier alpha value is -0.730. The fraction of sp³-hybridized carbons (Fsp3) is 0.952. The lowest BCUT2D eigenvalue weighted by Crippen LogP contribution is -2.35. The Kier molecular flexibility index (Phi) is 3.87. The third-order valence-corrected chi connectivity index (χ3v) is 9.10. The van der Waals surface area contributed by atoms with Crippen LogP contribution >= 0.6 is 0 Å². The first-order valence-corrected chi connectivity index (χ1v) is 9.87. The highest BCUT2D eigenvalue weighted by Gasteiger charge is 2.89. The molecule has 138 valence electrons. The van der Waals surface area contributed by atoms with Gasteiger partial charge in [0.05, 0.1) is 0 Å². The second-order valence-electron chi connectivity index (χ2n) is 10.5. The molecule has 4 fully saturated rings. The van der Waals surface area contributed by atoms with Gasteiger partial charge in [0.25, 0.3) is 0 Å². The smallest absolute Gasteiger partial charge is 0.450 e. The Morgan fingerprint density at radius 3 is 1.33 bits per heavy atom. The molecule has 0 aromatic carbocycles. The molecule has 0 heterocycles. The van der Waals surface area contributed by atoms with Crippen molar-refractivity contribution in [1.29, 1.82) is 0 Å². The maximum Gasteiger partial charge on any atom is 0.503 e. The van der Waals surface area contributed by atoms with Crippen LogP contribution in [0, 0.1) is 45.3 Å². The molecule has 0 radical (unpaired) electrons. The van der Waals surface area contributed by atoms with E-state index < -0.39 is 6.16 Å². The van der Waals surface area contributed by atoms with Crippen molar-refractivity contribution in [1.82, 2.24) is 0 Å². The first-order valence-electron chi connectivity index (χ1n) is 9.87. The molecule has 0 amide bonds. The zero-order valence-corrected chi connectivity index (χ0v) is 16.4. The van der Waals surface area contributed by atoms with Crippen molar-refractivity contribution in [3.8, 4) is 0 Å². The summed E-state index contributed by atoms with van der Waals surface area (Å²) in [5.74, 6) is 4.02. The third-order valence-electron chi connectivity index (χ3n) is 9.10. The number of hydrogen-bond acceptors (Lipinski definition) is 1. The summed E-state index contributed by atoms with van der Waals surface area (Å²) in [4.78, 5) is 8.56. The molecule has 4 aliphatic carbocycles. The standard InChI is InChI=1S/C20H34.CH2O3/c1-13-7-9-15-17(3,4)19(15,11-13)20-12-14(2)8-10-16(20)18(20,5)6;2-1(3)4/h13-16H,7-12H2,1-6H3;(H2,2,3,4). The molecule has 4 aliphatic rings. The molecule has 24 heavy (non-hydrogen) atoms. The Bertz CT molecular complexity index is 491. The van der Waals surface area contributed by atoms with Gasteiger partial charge in [-0.25, -0.2) is 4.79 Å². The predicted octanol–water partition coefficient (Wildman–Crippen LogP) is 6.13. The molecular weight excluding hydrogens is 300 g/mol. The zero-order valence-electron chi connectivity index (χ0n) is 16.4. The number of carboxylic acid groups (broad SMARTS) is 2. The molecule has 4 saturated carbocycles. The summed E-state index contributed by atoms with van der Waals surface area (Å²) >= 11 is 0. The molecule has 0 spiro atoms. The van der Waals surface area contributed by atoms with Crippen molar-refractivity contribution in [2.75, 3.05) is 0 Å². The van der Waals surface area contributed by atoms with E-state index in [2.05, 4.69) is 41.5 Å². The van der Waals surface area contributed by atoms with Gasteiger partial charge >= 0.3 is 6.16 Å². The molecule has 6 atom stereocenters. The summed E-state index contributed by atoms with van der Waals surface area (Å²) < 4.78 is 0. The number of hydrogen-bond donors (Lipinski definition) is 2. The van der Waals surface area contributed by atoms with Gasteiger partial charge in [-0.05, 0) is 71.0 Å². The Labute approximate surface area is 147 Å². The number of rotatable bonds is 1. The summed E-state index contributed by atoms with van der Waals surface area (Å²) in [6.07, 6.45) is 7.27. The van der Waals surface area contributed by atoms with Gasteiger partial charge in [0, 0.05) is 0 Å². The lowest BCUT2D eigenvalue weighted by Gasteiger charge is -2.42. The van der Waals surface area contributed by atoms with Crippen LogP contribution in [0.3, 0.4) is 0 Å². The fourth-order valence-corrected chi connectivity index (χ4v) is 8.30. The quantitative estimate of drug-likeness (QED) is 0.605. The van der Waals surface area contributed by atoms with Crippen molar-refractivity contribution < 1.29 is 15.0 Å². The van der Waals surface area contributed by atoms with E-state index in [4.69, 9.17) is 15.0 Å². The maximum absolute atomic E-state index is 8.56. The van der Waals surface area contributed by atoms with Crippen LogP contribution in [0.2, 0.25) is 0 Å². The summed E-state index contributed by atoms with van der Waals surface area (Å²) in [6.45, 7) is 15.5. The summed E-state index contributed by atoms with van der Waals surface area (Å²) in [5.41, 5.74) is 2.67. The van der Waals surface area contributed by atoms with Gasteiger partial charge in [0.15, 0.2) is 0 Å². The number of fused-ring (bicyclic) bond motifs is 3. The van der Waals surface area contributed by atoms with Crippen LogP contribution in [0.1, 0.15) is 80.1 Å². The van der Waals surface area contributed by atoms with Crippen LogP contribution in [-0.4, -0.2) is 16.4 Å². The Morgan fingerprint density at radius 1 is 0.750 bits per heavy atom. The molecular formula is C21H36O3. The van der Waals surface area contributed by atoms with Crippen molar-refractivity contribution in [3.05, 3.63) is 0 Å². The average molecular weight is 337 g/mol. The molecule has 0 saturated heterocycles. The topological polar surface area (TPSA) is 57.5 Å². The lowest BCUT2D eigenvalue weighted by molar-refractivity contribution is 0.0640. The summed E-state index contributed by atoms with van der Waals surface area (Å²) in [7, 11) is 0. The zero-order chi connectivity index (χ0) is 18.1. The van der Waals surface area contributed by atoms with E-state index in [-0.39, 0.29) is 0 Å². The van der Waals surface area contributed by atoms with Crippen molar-refractivity contribution in [2.24, 2.45) is 45.3 Å². The van der Waals surface area contributed by atoms with Crippen molar-refractivity contribution in [2.45, 2.75) is 80.1 Å². The minimum Gasteiger partial charge on any atom is -0.450 e. The second kappa shape index (κ2) is 5.14. The minimum atomic E-state index is -1.83. The van der Waals surface area contributed by atoms with Crippen molar-refractivity contribution in [3.63, 3.8) is 0 Å². The van der Waals surface area contributed by atoms with E-state index in [0.29, 0.717) is 21.7 Å². The highest BCUT2D eigenvalue weighted by Crippen LogP contribution is 2.95. The van der Waals surface area contributed by atoms with Crippen LogP contribution in [0.4, 0.5) is 4.79 Å². The van der Waals surface area contributed by atoms with Crippen LogP contribution < -0.4 is 0 Å². The summed E-state index contributed by atoms with van der Waals surface area (Å²) in [6, 6.07) is 0. The van der Waals surface area contributed by atoms with Gasteiger partial charge in [-0.1, -0.05) is 54.4 Å². The molecule has 0 aromatic rings. The molecule has 0 bridgehead atoms. The average Bonchev–Trinajstić information content (AvgIpc) is 3.15. The Morgan fingerprint density at radius 2 is 1.04 bits per heavy atom. The van der Waals surface area contributed by atoms with Crippen LogP contribution in [0.25, 0.3) is 0 Å². The molecule has 3 nitrogen and oxygen atoms in total. The molecule has 0 aliphatic heterocycles. The van der Waals surface area contributed by atoms with E-state index in [9.17, 15) is 0 Å². The van der Waals surface area contributed by atoms with Gasteiger partial charge in [0.2, 0.25) is 0 Å². The van der Waals surface area contributed by atoms with Gasteiger partial charge in [-0.3, -0.25) is 0 Å². The van der Waals surface area contributed by atoms with Gasteiger partial charge in [-0.2, -0.15) is 0 Å². The van der Waals surface area contributed by atoms with Crippen LogP contribution in [0.15, 0.2) is 0 Å². The van der Waals surface area contributed by atoms with Crippen LogP contribution in [-0.2, 0) is 0 Å². The fourth-order valence-electron chi connectivity index (χ4n) is 8.30. The van der Waals surface area contributed by atoms with Crippen LogP contribution in [0.5, 0.6) is 0 Å². The van der Waals surface area contributed by atoms with E-state index in [1.165, 1.54) is 38.5 Å². The van der Waals surface area contributed by atoms with E-state index in [1.54, 1.807) is 0 Å². The molecule has 3 heteroatoms. The first kappa shape index (κ1) is 18.1. The molecule has 4 rings (SSSR count). The van der Waals surface area contributed by atoms with Gasteiger partial charge < -0.3 is 10.2 Å². The second-order valence-corrected chi connectivity index (χ2v) is 10.5. The minimum absolute atomic E-state index is 0.626. The van der Waals surface area contributed by atoms with Gasteiger partial charge in [-0.15, -0.1) is 0 Å². The molecule has 2 N–H and O–H groups in total. The lowest BCUT2D eigenvalue weighted by atomic mass is 9.62. The highest BCUT2D eigenvalue weighted by molar-refractivity contribution is 5.53. The largest absolute Gasteiger partial charge is 0.503 e. The third kappa shape index (κ3) is 1.99. The highest BCUT2D eigenvalue weighted by atomic mass is 16.6. The normalized spacial score (nSPS) is 49.8. The monoisotopic (exact) mass is 336 g/mol. The molecule has 6 unspecified atom stereocenters.